The standard InChI is InChI=1S/C20H24N2O4/c1-14-21-12-17(22(14)13-15-8-6-5-7-9-15)10-16(11-18(23)24)19(25)26-20(2,3)4/h5-10,12H,11,13H2,1-4H3,(H,23,24)/b16-10-. The van der Waals surface area contributed by atoms with E-state index in [0.29, 0.717) is 12.2 Å². The van der Waals surface area contributed by atoms with Gasteiger partial charge in [0.05, 0.1) is 23.9 Å². The number of hydrogen-bond donors (Lipinski definition) is 1. The van der Waals surface area contributed by atoms with Crippen molar-refractivity contribution in [1.29, 1.82) is 0 Å². The molecule has 2 rings (SSSR count). The number of carboxylic acids is 1. The summed E-state index contributed by atoms with van der Waals surface area (Å²) in [6.07, 6.45) is 2.76. The number of ether oxygens (including phenoxy) is 1. The highest BCUT2D eigenvalue weighted by Gasteiger charge is 2.22. The predicted octanol–water partition coefficient (Wildman–Crippen LogP) is 3.44. The van der Waals surface area contributed by atoms with Gasteiger partial charge < -0.3 is 14.4 Å². The molecule has 6 heteroatoms. The molecule has 0 aliphatic heterocycles. The normalized spacial score (nSPS) is 12.1. The van der Waals surface area contributed by atoms with Crippen molar-refractivity contribution in [3.8, 4) is 0 Å². The highest BCUT2D eigenvalue weighted by Crippen LogP contribution is 2.18. The third kappa shape index (κ3) is 5.58. The van der Waals surface area contributed by atoms with E-state index in [9.17, 15) is 9.59 Å². The molecule has 0 spiro atoms. The lowest BCUT2D eigenvalue weighted by Gasteiger charge is -2.20. The minimum absolute atomic E-state index is 0.0848. The molecule has 2 aromatic rings. The summed E-state index contributed by atoms with van der Waals surface area (Å²) in [7, 11) is 0. The number of aromatic nitrogens is 2. The Labute approximate surface area is 153 Å². The summed E-state index contributed by atoms with van der Waals surface area (Å²) in [5.41, 5.74) is 1.13. The molecule has 6 nitrogen and oxygen atoms in total. The molecule has 0 atom stereocenters. The summed E-state index contributed by atoms with van der Waals surface area (Å²) in [5, 5.41) is 9.15. The van der Waals surface area contributed by atoms with Crippen LogP contribution in [0.5, 0.6) is 0 Å². The average molecular weight is 356 g/mol. The molecular weight excluding hydrogens is 332 g/mol. The van der Waals surface area contributed by atoms with Crippen molar-refractivity contribution in [3.05, 3.63) is 59.2 Å². The van der Waals surface area contributed by atoms with E-state index in [-0.39, 0.29) is 5.57 Å². The molecule has 0 saturated heterocycles. The van der Waals surface area contributed by atoms with Gasteiger partial charge in [-0.05, 0) is 39.3 Å². The molecule has 0 saturated carbocycles. The fraction of sp³-hybridized carbons (Fsp3) is 0.350. The molecule has 0 unspecified atom stereocenters. The molecule has 0 radical (unpaired) electrons. The number of benzene rings is 1. The van der Waals surface area contributed by atoms with Crippen LogP contribution < -0.4 is 0 Å². The first-order valence-corrected chi connectivity index (χ1v) is 8.37. The Morgan fingerprint density at radius 2 is 1.88 bits per heavy atom. The van der Waals surface area contributed by atoms with Crippen LogP contribution in [0.2, 0.25) is 0 Å². The molecular formula is C20H24N2O4. The maximum absolute atomic E-state index is 12.4. The smallest absolute Gasteiger partial charge is 0.335 e. The maximum Gasteiger partial charge on any atom is 0.335 e. The van der Waals surface area contributed by atoms with Crippen LogP contribution in [0.15, 0.2) is 42.1 Å². The topological polar surface area (TPSA) is 81.4 Å². The molecule has 1 N–H and O–H groups in total. The zero-order valence-corrected chi connectivity index (χ0v) is 15.5. The van der Waals surface area contributed by atoms with Gasteiger partial charge in [0.2, 0.25) is 0 Å². The van der Waals surface area contributed by atoms with Gasteiger partial charge in [-0.15, -0.1) is 0 Å². The summed E-state index contributed by atoms with van der Waals surface area (Å²) >= 11 is 0. The first-order chi connectivity index (χ1) is 12.2. The number of aryl methyl sites for hydroxylation is 1. The van der Waals surface area contributed by atoms with Crippen molar-refractivity contribution >= 4 is 18.0 Å². The van der Waals surface area contributed by atoms with Crippen LogP contribution in [0.3, 0.4) is 0 Å². The van der Waals surface area contributed by atoms with Crippen molar-refractivity contribution in [1.82, 2.24) is 9.55 Å². The van der Waals surface area contributed by atoms with Crippen LogP contribution in [0, 0.1) is 6.92 Å². The lowest BCUT2D eigenvalue weighted by molar-refractivity contribution is -0.151. The van der Waals surface area contributed by atoms with Gasteiger partial charge in [-0.1, -0.05) is 30.3 Å². The SMILES string of the molecule is Cc1ncc(/C=C(/CC(=O)O)C(=O)OC(C)(C)C)n1Cc1ccccc1. The Hall–Kier alpha value is -2.89. The number of carbonyl (C=O) groups excluding carboxylic acids is 1. The van der Waals surface area contributed by atoms with E-state index in [2.05, 4.69) is 4.98 Å². The molecule has 26 heavy (non-hydrogen) atoms. The Kier molecular flexibility index (Phi) is 5.97. The number of hydrogen-bond acceptors (Lipinski definition) is 4. The van der Waals surface area contributed by atoms with E-state index >= 15 is 0 Å². The summed E-state index contributed by atoms with van der Waals surface area (Å²) in [6, 6.07) is 9.85. The third-order valence-electron chi connectivity index (χ3n) is 3.59. The van der Waals surface area contributed by atoms with Crippen LogP contribution in [0.4, 0.5) is 0 Å². The van der Waals surface area contributed by atoms with Crippen LogP contribution in [0.25, 0.3) is 6.08 Å². The summed E-state index contributed by atoms with van der Waals surface area (Å²) < 4.78 is 7.27. The van der Waals surface area contributed by atoms with E-state index in [1.807, 2.05) is 41.8 Å². The number of esters is 1. The lowest BCUT2D eigenvalue weighted by Crippen LogP contribution is -2.25. The molecule has 0 aliphatic rings. The van der Waals surface area contributed by atoms with Gasteiger partial charge in [-0.2, -0.15) is 0 Å². The van der Waals surface area contributed by atoms with Crippen LogP contribution in [-0.2, 0) is 20.9 Å². The van der Waals surface area contributed by atoms with Gasteiger partial charge in [-0.25, -0.2) is 9.78 Å². The van der Waals surface area contributed by atoms with Crippen LogP contribution in [0.1, 0.15) is 44.3 Å². The van der Waals surface area contributed by atoms with Crippen molar-refractivity contribution in [2.45, 2.75) is 46.3 Å². The Morgan fingerprint density at radius 1 is 1.23 bits per heavy atom. The van der Waals surface area contributed by atoms with E-state index < -0.39 is 24.0 Å². The second kappa shape index (κ2) is 7.99. The van der Waals surface area contributed by atoms with Crippen LogP contribution in [-0.4, -0.2) is 32.2 Å². The zero-order chi connectivity index (χ0) is 19.3. The minimum atomic E-state index is -1.09. The Bertz CT molecular complexity index is 814. The van der Waals surface area contributed by atoms with E-state index in [0.717, 1.165) is 11.4 Å². The van der Waals surface area contributed by atoms with Gasteiger partial charge in [0, 0.05) is 6.54 Å². The monoisotopic (exact) mass is 356 g/mol. The number of carbonyl (C=O) groups is 2. The number of carboxylic acid groups (broad SMARTS) is 1. The van der Waals surface area contributed by atoms with Crippen molar-refractivity contribution < 1.29 is 19.4 Å². The molecule has 1 aromatic heterocycles. The Morgan fingerprint density at radius 3 is 2.46 bits per heavy atom. The average Bonchev–Trinajstić information content (AvgIpc) is 2.86. The highest BCUT2D eigenvalue weighted by atomic mass is 16.6. The van der Waals surface area contributed by atoms with Gasteiger partial charge in [0.15, 0.2) is 0 Å². The predicted molar refractivity (Wildman–Crippen MR) is 98.6 cm³/mol. The quantitative estimate of drug-likeness (QED) is 0.633. The number of imidazole rings is 1. The van der Waals surface area contributed by atoms with Gasteiger partial charge in [0.25, 0.3) is 0 Å². The van der Waals surface area contributed by atoms with E-state index in [1.165, 1.54) is 0 Å². The lowest BCUT2D eigenvalue weighted by atomic mass is 10.1. The molecule has 0 aliphatic carbocycles. The first-order valence-electron chi connectivity index (χ1n) is 8.37. The molecule has 1 aromatic carbocycles. The summed E-state index contributed by atoms with van der Waals surface area (Å²) in [6.45, 7) is 7.67. The second-order valence-corrected chi connectivity index (χ2v) is 7.04. The van der Waals surface area contributed by atoms with Gasteiger partial charge >= 0.3 is 11.9 Å². The molecule has 1 heterocycles. The summed E-state index contributed by atoms with van der Waals surface area (Å²) in [5.74, 6) is -0.947. The largest absolute Gasteiger partial charge is 0.481 e. The number of nitrogens with zero attached hydrogens (tertiary/aromatic N) is 2. The molecule has 138 valence electrons. The molecule has 0 bridgehead atoms. The number of aliphatic carboxylic acids is 1. The highest BCUT2D eigenvalue weighted by molar-refractivity contribution is 5.98. The fourth-order valence-electron chi connectivity index (χ4n) is 2.44. The number of rotatable bonds is 6. The molecule has 0 fully saturated rings. The zero-order valence-electron chi connectivity index (χ0n) is 15.5. The minimum Gasteiger partial charge on any atom is -0.481 e. The van der Waals surface area contributed by atoms with E-state index in [4.69, 9.17) is 9.84 Å². The van der Waals surface area contributed by atoms with Crippen molar-refractivity contribution in [3.63, 3.8) is 0 Å². The van der Waals surface area contributed by atoms with E-state index in [1.54, 1.807) is 33.0 Å². The first kappa shape index (κ1) is 19.4. The van der Waals surface area contributed by atoms with Crippen LogP contribution >= 0.6 is 0 Å². The van der Waals surface area contributed by atoms with Crippen molar-refractivity contribution in [2.24, 2.45) is 0 Å². The summed E-state index contributed by atoms with van der Waals surface area (Å²) in [4.78, 5) is 27.9. The Balaban J connectivity index is 2.37. The third-order valence-corrected chi connectivity index (χ3v) is 3.59. The second-order valence-electron chi connectivity index (χ2n) is 7.04. The van der Waals surface area contributed by atoms with Crippen molar-refractivity contribution in [2.75, 3.05) is 0 Å². The maximum atomic E-state index is 12.4. The molecule has 0 amide bonds. The fourth-order valence-corrected chi connectivity index (χ4v) is 2.44. The van der Waals surface area contributed by atoms with Gasteiger partial charge in [0.1, 0.15) is 11.4 Å². The van der Waals surface area contributed by atoms with Gasteiger partial charge in [-0.3, -0.25) is 4.79 Å².